The minimum Gasteiger partial charge on any atom is -0.884 e. The second-order valence-electron chi connectivity index (χ2n) is 1.26. The normalized spacial score (nSPS) is 8.83. The van der Waals surface area contributed by atoms with E-state index in [2.05, 4.69) is 26.8 Å². The van der Waals surface area contributed by atoms with Crippen molar-refractivity contribution in [3.05, 3.63) is 13.1 Å². The van der Waals surface area contributed by atoms with Gasteiger partial charge in [0.25, 0.3) is 5.88 Å². The molecule has 1 rings (SSSR count). The van der Waals surface area contributed by atoms with Gasteiger partial charge in [0.1, 0.15) is 6.20 Å². The van der Waals surface area contributed by atoms with Crippen molar-refractivity contribution in [1.29, 1.82) is 0 Å². The first-order chi connectivity index (χ1) is 4.29. The largest absolute Gasteiger partial charge is 0.884 e. The fourth-order valence-electron chi connectivity index (χ4n) is 0.334. The van der Waals surface area contributed by atoms with E-state index in [1.54, 1.807) is 0 Å². The Labute approximate surface area is 91.2 Å². The van der Waals surface area contributed by atoms with Gasteiger partial charge in [-0.1, -0.05) is 0 Å². The van der Waals surface area contributed by atoms with Crippen molar-refractivity contribution in [3.8, 4) is 0 Å². The van der Waals surface area contributed by atoms with Gasteiger partial charge in [-0.3, -0.25) is 4.99 Å². The number of hydrogen-bond donors (Lipinski definition) is 0. The second kappa shape index (κ2) is 7.93. The molecule has 0 atom stereocenters. The van der Waals surface area contributed by atoms with E-state index in [-0.39, 0.29) is 47.4 Å². The number of aliphatic imine (C=N–C) groups is 1. The molecule has 0 spiro atoms. The summed E-state index contributed by atoms with van der Waals surface area (Å²) in [6.07, 6.45) is 1.23. The molecular formula is C4H3N3O2ReRfW-2. The smallest absolute Gasteiger partial charge is 0.267 e. The quantitative estimate of drug-likeness (QED) is 0.216. The van der Waals surface area contributed by atoms with Crippen molar-refractivity contribution in [2.24, 2.45) is 4.99 Å². The van der Waals surface area contributed by atoms with Crippen molar-refractivity contribution in [3.63, 3.8) is 0 Å². The van der Waals surface area contributed by atoms with Crippen LogP contribution in [0.15, 0.2) is 15.7 Å². The van der Waals surface area contributed by atoms with Crippen LogP contribution in [0.5, 0.6) is 0 Å². The zero-order chi connectivity index (χ0) is 6.69. The summed E-state index contributed by atoms with van der Waals surface area (Å²) in [7, 11) is 0. The van der Waals surface area contributed by atoms with Gasteiger partial charge >= 0.3 is 0 Å². The first-order valence-electron chi connectivity index (χ1n) is 2.14. The van der Waals surface area contributed by atoms with Gasteiger partial charge in [-0.05, 0) is 0 Å². The molecule has 0 aromatic carbocycles. The van der Waals surface area contributed by atoms with Crippen LogP contribution in [0.25, 0.3) is 0 Å². The predicted octanol–water partition coefficient (Wildman–Crippen LogP) is -0.711. The van der Waals surface area contributed by atoms with E-state index in [0.717, 1.165) is 0 Å². The minimum absolute atomic E-state index is 0. The molecule has 0 amide bonds. The van der Waals surface area contributed by atoms with E-state index >= 15 is 0 Å². The third-order valence-electron chi connectivity index (χ3n) is 0.585. The summed E-state index contributed by atoms with van der Waals surface area (Å²) in [6.45, 7) is 2.99. The Bertz CT molecular complexity index is 214. The zero-order valence-corrected chi connectivity index (χ0v) is 18.0. The third-order valence-corrected chi connectivity index (χ3v) is 0.585. The molecule has 0 saturated carbocycles. The fourth-order valence-corrected chi connectivity index (χ4v) is 0.334. The van der Waals surface area contributed by atoms with Crippen LogP contribution in [0.2, 0.25) is 0 Å². The summed E-state index contributed by atoms with van der Waals surface area (Å²) in [6, 6.07) is 0. The molecule has 12 heavy (non-hydrogen) atoms. The number of hydrogen-bond acceptors (Lipinski definition) is 5. The molecule has 8 heteroatoms. The van der Waals surface area contributed by atoms with Crippen LogP contribution in [0.3, 0.4) is 0 Å². The van der Waals surface area contributed by atoms with Crippen LogP contribution in [0.1, 0.15) is 0 Å². The number of aromatic nitrogens is 2. The average molecular weight is 762 g/mol. The van der Waals surface area contributed by atoms with E-state index in [0.29, 0.717) is 0 Å². The molecule has 0 N–H and O–H groups in total. The second-order valence-corrected chi connectivity index (χ2v) is 1.26. The summed E-state index contributed by atoms with van der Waals surface area (Å²) in [5, 5.41) is 16.5. The van der Waals surface area contributed by atoms with Crippen LogP contribution in [-0.2, 0) is 41.5 Å². The van der Waals surface area contributed by atoms with Crippen molar-refractivity contribution in [2.75, 3.05) is 0 Å². The average Bonchev–Trinajstić information content (AvgIpc) is 2.15. The Balaban J connectivity index is -0.000000270. The van der Waals surface area contributed by atoms with E-state index < -0.39 is 5.90 Å². The molecular weight excluding hydrogens is 759 g/mol. The van der Waals surface area contributed by atoms with Gasteiger partial charge in [-0.2, -0.15) is 5.90 Å². The summed E-state index contributed by atoms with van der Waals surface area (Å²) >= 11 is 0. The van der Waals surface area contributed by atoms with E-state index in [4.69, 9.17) is 0 Å². The molecule has 0 bridgehead atoms. The van der Waals surface area contributed by atoms with Crippen LogP contribution in [0, 0.1) is 6.92 Å². The molecule has 0 saturated heterocycles. The van der Waals surface area contributed by atoms with Gasteiger partial charge < -0.3 is 16.6 Å². The molecule has 0 fully saturated rings. The summed E-state index contributed by atoms with van der Waals surface area (Å²) in [4.78, 5) is 3.28. The zero-order valence-electron chi connectivity index (χ0n) is 5.94. The predicted molar refractivity (Wildman–Crippen MR) is 26.7 cm³/mol. The first-order valence-corrected chi connectivity index (χ1v) is 2.14. The maximum atomic E-state index is 10.1. The molecule has 5 nitrogen and oxygen atoms in total. The summed E-state index contributed by atoms with van der Waals surface area (Å²) in [5.41, 5.74) is 0. The molecule has 1 radical (unpaired) electrons. The minimum atomic E-state index is -0.575. The van der Waals surface area contributed by atoms with Crippen molar-refractivity contribution >= 4 is 11.8 Å². The van der Waals surface area contributed by atoms with E-state index in [1.165, 1.54) is 6.20 Å². The maximum Gasteiger partial charge on any atom is 0.267 e. The molecule has 0 unspecified atom stereocenters. The molecule has 63 valence electrons. The van der Waals surface area contributed by atoms with Gasteiger partial charge in [0.15, 0.2) is 0 Å². The summed E-state index contributed by atoms with van der Waals surface area (Å²) < 4.78 is 4.36. The Kier molecular flexibility index (Phi) is 11.3. The Morgan fingerprint density at radius 3 is 2.58 bits per heavy atom. The van der Waals surface area contributed by atoms with Crippen LogP contribution in [-0.4, -0.2) is 16.3 Å². The Morgan fingerprint density at radius 1 is 1.67 bits per heavy atom. The van der Waals surface area contributed by atoms with Crippen molar-refractivity contribution in [1.82, 2.24) is 10.4 Å². The van der Waals surface area contributed by atoms with Gasteiger partial charge in [0.2, 0.25) is 0 Å². The number of rotatable bonds is 1. The van der Waals surface area contributed by atoms with E-state index in [1.807, 2.05) is 0 Å². The van der Waals surface area contributed by atoms with Gasteiger partial charge in [0.05, 0.1) is 0 Å². The van der Waals surface area contributed by atoms with Gasteiger partial charge in [0, 0.05) is 46.8 Å². The van der Waals surface area contributed by atoms with Crippen LogP contribution < -0.4 is 5.11 Å². The Morgan fingerprint density at radius 2 is 2.25 bits per heavy atom. The molecule has 1 aromatic rings. The van der Waals surface area contributed by atoms with Gasteiger partial charge in [-0.25, -0.2) is 0 Å². The van der Waals surface area contributed by atoms with Gasteiger partial charge in [-0.15, -0.1) is 5.10 Å². The van der Waals surface area contributed by atoms with Crippen LogP contribution >= 0.6 is 0 Å². The Hall–Kier alpha value is -1.17. The monoisotopic (exact) mass is 763 g/mol. The first kappa shape index (κ1) is 17.1. The molecule has 0 aliphatic heterocycles. The SMILES string of the molecule is [CH2-]C([O-])=Nc1cnno1.[Re].[Rf].[W]. The standard InChI is InChI=1S/C4H4N3O2.Re.Rf.W/c1-3(8)6-4-2-5-7-9-4;;;/h2H,1H2,(H,6,8);;;/q-1;;;/p-1. The molecule has 1 heterocycles. The third kappa shape index (κ3) is 5.60. The number of nitrogens with zero attached hydrogens (tertiary/aromatic N) is 3. The summed E-state index contributed by atoms with van der Waals surface area (Å²) in [5.74, 6) is -0.497. The topological polar surface area (TPSA) is 74.3 Å². The molecule has 0 aliphatic carbocycles. The van der Waals surface area contributed by atoms with Crippen molar-refractivity contribution < 1.29 is 51.1 Å². The molecule has 0 aliphatic rings. The fraction of sp³-hybridized carbons (Fsp3) is 0. The van der Waals surface area contributed by atoms with Crippen molar-refractivity contribution in [2.45, 2.75) is 0 Å². The van der Waals surface area contributed by atoms with E-state index in [9.17, 15) is 5.11 Å². The molecule has 1 aromatic heterocycles. The maximum absolute atomic E-state index is 10.1. The van der Waals surface area contributed by atoms with Crippen LogP contribution in [0.4, 0.5) is 5.88 Å².